The summed E-state index contributed by atoms with van der Waals surface area (Å²) in [5, 5.41) is 3.11. The fourth-order valence-electron chi connectivity index (χ4n) is 3.89. The van der Waals surface area contributed by atoms with Gasteiger partial charge in [0, 0.05) is 25.7 Å². The summed E-state index contributed by atoms with van der Waals surface area (Å²) in [6.45, 7) is 2.14. The molecular weight excluding hydrogens is 348 g/mol. The zero-order valence-corrected chi connectivity index (χ0v) is 15.1. The molecule has 0 spiro atoms. The van der Waals surface area contributed by atoms with Crippen molar-refractivity contribution in [2.24, 2.45) is 0 Å². The second-order valence-corrected chi connectivity index (χ2v) is 7.21. The van der Waals surface area contributed by atoms with Gasteiger partial charge in [-0.15, -0.1) is 0 Å². The number of amides is 2. The highest BCUT2D eigenvalue weighted by molar-refractivity contribution is 5.76. The molecule has 2 aromatic rings. The van der Waals surface area contributed by atoms with Crippen molar-refractivity contribution in [1.29, 1.82) is 0 Å². The highest BCUT2D eigenvalue weighted by Crippen LogP contribution is 2.33. The monoisotopic (exact) mass is 371 g/mol. The predicted octanol–water partition coefficient (Wildman–Crippen LogP) is 4.09. The van der Waals surface area contributed by atoms with Crippen molar-refractivity contribution in [3.8, 4) is 0 Å². The lowest BCUT2D eigenvalue weighted by Gasteiger charge is -2.42. The highest BCUT2D eigenvalue weighted by atomic mass is 19.1. The number of nitrogens with zero attached hydrogens (tertiary/aromatic N) is 2. The topological polar surface area (TPSA) is 35.6 Å². The largest absolute Gasteiger partial charge is 0.369 e. The van der Waals surface area contributed by atoms with Crippen LogP contribution in [0.5, 0.6) is 0 Å². The number of anilines is 1. The molecule has 1 atom stereocenters. The number of rotatable bonds is 3. The maximum Gasteiger partial charge on any atom is 0.318 e. The summed E-state index contributed by atoms with van der Waals surface area (Å²) in [5.74, 6) is -0.474. The number of carbonyl (C=O) groups excluding carboxylic acids is 1. The van der Waals surface area contributed by atoms with Crippen molar-refractivity contribution in [2.45, 2.75) is 31.3 Å². The number of halogens is 2. The molecule has 4 nitrogen and oxygen atoms in total. The minimum Gasteiger partial charge on any atom is -0.369 e. The van der Waals surface area contributed by atoms with E-state index >= 15 is 0 Å². The Hall–Kier alpha value is -2.63. The standard InChI is InChI=1S/C21H23F2N3O/c22-16-7-5-15(6-8-16)19-11-14-26(19)21(27)24-17-9-12-25(13-10-17)20-4-2-1-3-18(20)23/h1-8,17,19H,9-14H2,(H,24,27)/t19-/m0/s1. The molecule has 0 aromatic heterocycles. The average molecular weight is 371 g/mol. The number of nitrogens with one attached hydrogen (secondary N) is 1. The molecule has 2 amide bonds. The number of hydrogen-bond donors (Lipinski definition) is 1. The van der Waals surface area contributed by atoms with E-state index in [-0.39, 0.29) is 29.7 Å². The van der Waals surface area contributed by atoms with E-state index < -0.39 is 0 Å². The fourth-order valence-corrected chi connectivity index (χ4v) is 3.89. The lowest BCUT2D eigenvalue weighted by atomic mass is 9.95. The Labute approximate surface area is 157 Å². The molecular formula is C21H23F2N3O. The number of likely N-dealkylation sites (tertiary alicyclic amines) is 1. The lowest BCUT2D eigenvalue weighted by molar-refractivity contribution is 0.111. The van der Waals surface area contributed by atoms with Crippen molar-refractivity contribution < 1.29 is 13.6 Å². The van der Waals surface area contributed by atoms with Gasteiger partial charge in [0.2, 0.25) is 0 Å². The van der Waals surface area contributed by atoms with Crippen LogP contribution in [0, 0.1) is 11.6 Å². The van der Waals surface area contributed by atoms with Gasteiger partial charge in [0.25, 0.3) is 0 Å². The third kappa shape index (κ3) is 3.75. The van der Waals surface area contributed by atoms with E-state index in [4.69, 9.17) is 0 Å². The quantitative estimate of drug-likeness (QED) is 0.882. The van der Waals surface area contributed by atoms with Gasteiger partial charge in [-0.25, -0.2) is 13.6 Å². The predicted molar refractivity (Wildman–Crippen MR) is 101 cm³/mol. The Kier molecular flexibility index (Phi) is 4.97. The van der Waals surface area contributed by atoms with E-state index in [1.54, 1.807) is 29.2 Å². The van der Waals surface area contributed by atoms with Crippen LogP contribution in [-0.2, 0) is 0 Å². The summed E-state index contributed by atoms with van der Waals surface area (Å²) in [4.78, 5) is 16.4. The summed E-state index contributed by atoms with van der Waals surface area (Å²) in [5.41, 5.74) is 1.59. The Morgan fingerprint density at radius 2 is 1.63 bits per heavy atom. The third-order valence-electron chi connectivity index (χ3n) is 5.55. The number of urea groups is 1. The van der Waals surface area contributed by atoms with Crippen molar-refractivity contribution in [1.82, 2.24) is 10.2 Å². The highest BCUT2D eigenvalue weighted by Gasteiger charge is 2.34. The number of benzene rings is 2. The Morgan fingerprint density at radius 1 is 0.926 bits per heavy atom. The molecule has 1 N–H and O–H groups in total. The summed E-state index contributed by atoms with van der Waals surface area (Å²) in [6.07, 6.45) is 2.47. The summed E-state index contributed by atoms with van der Waals surface area (Å²) < 4.78 is 27.0. The molecule has 2 saturated heterocycles. The van der Waals surface area contributed by atoms with Crippen LogP contribution in [-0.4, -0.2) is 36.6 Å². The molecule has 2 aromatic carbocycles. The van der Waals surface area contributed by atoms with E-state index in [1.807, 2.05) is 11.0 Å². The Morgan fingerprint density at radius 3 is 2.26 bits per heavy atom. The van der Waals surface area contributed by atoms with Crippen molar-refractivity contribution in [3.63, 3.8) is 0 Å². The summed E-state index contributed by atoms with van der Waals surface area (Å²) in [7, 11) is 0. The van der Waals surface area contributed by atoms with E-state index in [2.05, 4.69) is 5.32 Å². The maximum absolute atomic E-state index is 13.9. The number of carbonyl (C=O) groups is 1. The molecule has 0 aliphatic carbocycles. The molecule has 142 valence electrons. The van der Waals surface area contributed by atoms with Crippen LogP contribution in [0.1, 0.15) is 30.9 Å². The number of hydrogen-bond acceptors (Lipinski definition) is 2. The van der Waals surface area contributed by atoms with Gasteiger partial charge >= 0.3 is 6.03 Å². The van der Waals surface area contributed by atoms with Gasteiger partial charge in [-0.05, 0) is 49.1 Å². The molecule has 2 heterocycles. The summed E-state index contributed by atoms with van der Waals surface area (Å²) in [6, 6.07) is 13.2. The number of piperidine rings is 1. The average Bonchev–Trinajstić information content (AvgIpc) is 2.64. The van der Waals surface area contributed by atoms with Crippen LogP contribution in [0.3, 0.4) is 0 Å². The first-order valence-corrected chi connectivity index (χ1v) is 9.44. The van der Waals surface area contributed by atoms with E-state index in [0.29, 0.717) is 25.3 Å². The first-order valence-electron chi connectivity index (χ1n) is 9.44. The number of para-hydroxylation sites is 1. The minimum absolute atomic E-state index is 0.0177. The zero-order valence-electron chi connectivity index (χ0n) is 15.1. The van der Waals surface area contributed by atoms with E-state index in [9.17, 15) is 13.6 Å². The van der Waals surface area contributed by atoms with Crippen LogP contribution in [0.25, 0.3) is 0 Å². The maximum atomic E-state index is 13.9. The first-order chi connectivity index (χ1) is 13.1. The molecule has 2 fully saturated rings. The van der Waals surface area contributed by atoms with Gasteiger partial charge in [0.15, 0.2) is 0 Å². The van der Waals surface area contributed by atoms with Crippen LogP contribution >= 0.6 is 0 Å². The van der Waals surface area contributed by atoms with Crippen molar-refractivity contribution in [2.75, 3.05) is 24.5 Å². The van der Waals surface area contributed by atoms with Crippen LogP contribution in [0.2, 0.25) is 0 Å². The van der Waals surface area contributed by atoms with E-state index in [1.165, 1.54) is 18.2 Å². The van der Waals surface area contributed by atoms with Crippen molar-refractivity contribution in [3.05, 3.63) is 65.7 Å². The lowest BCUT2D eigenvalue weighted by Crippen LogP contribution is -2.54. The summed E-state index contributed by atoms with van der Waals surface area (Å²) >= 11 is 0. The third-order valence-corrected chi connectivity index (χ3v) is 5.55. The molecule has 0 saturated carbocycles. The molecule has 2 aliphatic heterocycles. The molecule has 27 heavy (non-hydrogen) atoms. The zero-order chi connectivity index (χ0) is 18.8. The van der Waals surface area contributed by atoms with Crippen LogP contribution in [0.15, 0.2) is 48.5 Å². The molecule has 4 rings (SSSR count). The Bertz CT molecular complexity index is 803. The second-order valence-electron chi connectivity index (χ2n) is 7.21. The van der Waals surface area contributed by atoms with E-state index in [0.717, 1.165) is 24.8 Å². The molecule has 6 heteroatoms. The SMILES string of the molecule is O=C(NC1CCN(c2ccccc2F)CC1)N1CC[C@H]1c1ccc(F)cc1. The molecule has 2 aliphatic rings. The van der Waals surface area contributed by atoms with Gasteiger partial charge in [-0.1, -0.05) is 24.3 Å². The first kappa shape index (κ1) is 17.8. The van der Waals surface area contributed by atoms with Gasteiger partial charge < -0.3 is 15.1 Å². The molecule has 0 unspecified atom stereocenters. The molecule has 0 radical (unpaired) electrons. The fraction of sp³-hybridized carbons (Fsp3) is 0.381. The van der Waals surface area contributed by atoms with Gasteiger partial charge in [0.05, 0.1) is 11.7 Å². The van der Waals surface area contributed by atoms with Gasteiger partial charge in [-0.3, -0.25) is 0 Å². The normalized spacial score (nSPS) is 20.3. The Balaban J connectivity index is 1.31. The molecule has 0 bridgehead atoms. The van der Waals surface area contributed by atoms with Crippen LogP contribution < -0.4 is 10.2 Å². The van der Waals surface area contributed by atoms with Crippen LogP contribution in [0.4, 0.5) is 19.3 Å². The van der Waals surface area contributed by atoms with Gasteiger partial charge in [0.1, 0.15) is 11.6 Å². The second kappa shape index (κ2) is 7.55. The van der Waals surface area contributed by atoms with Gasteiger partial charge in [-0.2, -0.15) is 0 Å². The smallest absolute Gasteiger partial charge is 0.318 e. The van der Waals surface area contributed by atoms with Crippen molar-refractivity contribution >= 4 is 11.7 Å². The minimum atomic E-state index is -0.268.